The van der Waals surface area contributed by atoms with Gasteiger partial charge >= 0.3 is 5.97 Å². The van der Waals surface area contributed by atoms with Crippen molar-refractivity contribution in [2.45, 2.75) is 6.42 Å². The van der Waals surface area contributed by atoms with E-state index >= 15 is 0 Å². The minimum absolute atomic E-state index is 0.257. The molecule has 2 aliphatic heterocycles. The number of esters is 1. The average molecular weight is 327 g/mol. The van der Waals surface area contributed by atoms with Gasteiger partial charge in [0.15, 0.2) is 17.2 Å². The summed E-state index contributed by atoms with van der Waals surface area (Å²) in [4.78, 5) is 16.3. The van der Waals surface area contributed by atoms with Crippen LogP contribution in [0.25, 0.3) is 6.08 Å². The highest BCUT2D eigenvalue weighted by Gasteiger charge is 2.25. The van der Waals surface area contributed by atoms with Crippen molar-refractivity contribution >= 4 is 29.3 Å². The van der Waals surface area contributed by atoms with Crippen LogP contribution < -0.4 is 9.47 Å². The number of hydrogen-bond acceptors (Lipinski definition) is 6. The highest BCUT2D eigenvalue weighted by Crippen LogP contribution is 2.35. The van der Waals surface area contributed by atoms with Crippen molar-refractivity contribution in [3.63, 3.8) is 0 Å². The summed E-state index contributed by atoms with van der Waals surface area (Å²) in [5.74, 6) is 1.20. The standard InChI is InChI=1S/C17H13NO4S/c19-17-13(18-16(22-17)12-5-8-23-10-12)9-11-3-1-4-14-15(11)21-7-2-6-20-14/h1,3-5,8-10H,2,6-7H2. The molecular weight excluding hydrogens is 314 g/mol. The molecule has 6 heteroatoms. The van der Waals surface area contributed by atoms with Crippen molar-refractivity contribution in [2.24, 2.45) is 4.99 Å². The van der Waals surface area contributed by atoms with Crippen LogP contribution in [0.3, 0.4) is 0 Å². The van der Waals surface area contributed by atoms with Crippen LogP contribution >= 0.6 is 11.3 Å². The summed E-state index contributed by atoms with van der Waals surface area (Å²) in [6, 6.07) is 7.45. The molecule has 0 fully saturated rings. The van der Waals surface area contributed by atoms with Gasteiger partial charge in [-0.3, -0.25) is 0 Å². The van der Waals surface area contributed by atoms with Crippen molar-refractivity contribution in [2.75, 3.05) is 13.2 Å². The third-order valence-electron chi connectivity index (χ3n) is 3.48. The Bertz CT molecular complexity index is 808. The van der Waals surface area contributed by atoms with E-state index in [1.54, 1.807) is 6.08 Å². The van der Waals surface area contributed by atoms with Gasteiger partial charge in [-0.25, -0.2) is 9.79 Å². The maximum atomic E-state index is 12.0. The van der Waals surface area contributed by atoms with E-state index in [9.17, 15) is 4.79 Å². The first-order valence-electron chi connectivity index (χ1n) is 7.25. The zero-order valence-electron chi connectivity index (χ0n) is 12.2. The molecule has 2 aliphatic rings. The second kappa shape index (κ2) is 5.89. The van der Waals surface area contributed by atoms with Crippen LogP contribution in [-0.2, 0) is 9.53 Å². The lowest BCUT2D eigenvalue weighted by Gasteiger charge is -2.09. The Morgan fingerprint density at radius 2 is 2.09 bits per heavy atom. The Morgan fingerprint density at radius 1 is 1.17 bits per heavy atom. The van der Waals surface area contributed by atoms with Gasteiger partial charge in [-0.15, -0.1) is 0 Å². The smallest absolute Gasteiger partial charge is 0.363 e. The van der Waals surface area contributed by atoms with E-state index in [1.807, 2.05) is 35.0 Å². The number of nitrogens with zero attached hydrogens (tertiary/aromatic N) is 1. The van der Waals surface area contributed by atoms with Crippen LogP contribution in [0, 0.1) is 0 Å². The zero-order valence-corrected chi connectivity index (χ0v) is 13.0. The Balaban J connectivity index is 1.72. The van der Waals surface area contributed by atoms with Crippen molar-refractivity contribution in [1.29, 1.82) is 0 Å². The van der Waals surface area contributed by atoms with Crippen LogP contribution in [0.4, 0.5) is 0 Å². The molecule has 0 saturated heterocycles. The van der Waals surface area contributed by atoms with Gasteiger partial charge in [0.1, 0.15) is 0 Å². The summed E-state index contributed by atoms with van der Waals surface area (Å²) >= 11 is 1.53. The quantitative estimate of drug-likeness (QED) is 0.627. The number of aliphatic imine (C=N–C) groups is 1. The van der Waals surface area contributed by atoms with Crippen LogP contribution in [0.1, 0.15) is 17.5 Å². The molecular formula is C17H13NO4S. The summed E-state index contributed by atoms with van der Waals surface area (Å²) in [6.07, 6.45) is 2.50. The molecule has 23 heavy (non-hydrogen) atoms. The number of thiophene rings is 1. The Labute approximate surface area is 136 Å². The summed E-state index contributed by atoms with van der Waals surface area (Å²) < 4.78 is 16.6. The maximum absolute atomic E-state index is 12.0. The van der Waals surface area contributed by atoms with Gasteiger partial charge in [0.05, 0.1) is 13.2 Å². The number of benzene rings is 1. The Kier molecular flexibility index (Phi) is 3.59. The average Bonchev–Trinajstić information content (AvgIpc) is 3.13. The summed E-state index contributed by atoms with van der Waals surface area (Å²) in [5.41, 5.74) is 1.82. The van der Waals surface area contributed by atoms with Gasteiger partial charge in [-0.1, -0.05) is 12.1 Å². The topological polar surface area (TPSA) is 57.1 Å². The summed E-state index contributed by atoms with van der Waals surface area (Å²) in [7, 11) is 0. The van der Waals surface area contributed by atoms with E-state index in [0.717, 1.165) is 17.5 Å². The van der Waals surface area contributed by atoms with E-state index in [0.29, 0.717) is 30.6 Å². The van der Waals surface area contributed by atoms with Gasteiger partial charge in [0, 0.05) is 22.9 Å². The molecule has 1 aromatic heterocycles. The van der Waals surface area contributed by atoms with Crippen LogP contribution in [0.5, 0.6) is 11.5 Å². The summed E-state index contributed by atoms with van der Waals surface area (Å²) in [5, 5.41) is 3.80. The van der Waals surface area contributed by atoms with E-state index in [-0.39, 0.29) is 5.70 Å². The molecule has 116 valence electrons. The molecule has 0 atom stereocenters. The summed E-state index contributed by atoms with van der Waals surface area (Å²) in [6.45, 7) is 1.20. The van der Waals surface area contributed by atoms with Gasteiger partial charge < -0.3 is 14.2 Å². The number of rotatable bonds is 2. The second-order valence-corrected chi connectivity index (χ2v) is 5.85. The number of carbonyl (C=O) groups is 1. The van der Waals surface area contributed by atoms with Crippen molar-refractivity contribution < 1.29 is 19.0 Å². The third kappa shape index (κ3) is 2.73. The number of para-hydroxylation sites is 1. The van der Waals surface area contributed by atoms with Crippen LogP contribution in [-0.4, -0.2) is 25.1 Å². The molecule has 0 radical (unpaired) electrons. The molecule has 0 saturated carbocycles. The highest BCUT2D eigenvalue weighted by atomic mass is 32.1. The van der Waals surface area contributed by atoms with Crippen molar-refractivity contribution in [1.82, 2.24) is 0 Å². The molecule has 0 unspecified atom stereocenters. The predicted molar refractivity (Wildman–Crippen MR) is 87.0 cm³/mol. The zero-order chi connectivity index (χ0) is 15.6. The van der Waals surface area contributed by atoms with Gasteiger partial charge in [-0.05, 0) is 23.6 Å². The molecule has 0 aliphatic carbocycles. The molecule has 2 aromatic rings. The van der Waals surface area contributed by atoms with E-state index in [2.05, 4.69) is 4.99 Å². The first-order valence-corrected chi connectivity index (χ1v) is 8.19. The molecule has 1 aromatic carbocycles. The first kappa shape index (κ1) is 14.0. The SMILES string of the molecule is O=C1OC(c2ccsc2)=NC1=Cc1cccc2c1OCCCO2. The highest BCUT2D eigenvalue weighted by molar-refractivity contribution is 7.08. The lowest BCUT2D eigenvalue weighted by molar-refractivity contribution is -0.129. The fourth-order valence-corrected chi connectivity index (χ4v) is 3.03. The van der Waals surface area contributed by atoms with Gasteiger partial charge in [0.25, 0.3) is 0 Å². The first-order chi connectivity index (χ1) is 11.3. The van der Waals surface area contributed by atoms with Crippen LogP contribution in [0.15, 0.2) is 45.7 Å². The molecule has 4 rings (SSSR count). The van der Waals surface area contributed by atoms with Crippen LogP contribution in [0.2, 0.25) is 0 Å². The maximum Gasteiger partial charge on any atom is 0.363 e. The number of carbonyl (C=O) groups excluding carboxylic acids is 1. The lowest BCUT2D eigenvalue weighted by atomic mass is 10.1. The number of fused-ring (bicyclic) bond motifs is 1. The largest absolute Gasteiger partial charge is 0.490 e. The molecule has 0 spiro atoms. The lowest BCUT2D eigenvalue weighted by Crippen LogP contribution is -2.04. The van der Waals surface area contributed by atoms with Crippen molar-refractivity contribution in [3.05, 3.63) is 51.8 Å². The van der Waals surface area contributed by atoms with Gasteiger partial charge in [-0.2, -0.15) is 11.3 Å². The normalized spacial score (nSPS) is 18.5. The minimum atomic E-state index is -0.460. The number of ether oxygens (including phenoxy) is 3. The molecule has 5 nitrogen and oxygen atoms in total. The van der Waals surface area contributed by atoms with E-state index in [4.69, 9.17) is 14.2 Å². The molecule has 3 heterocycles. The molecule has 0 amide bonds. The van der Waals surface area contributed by atoms with E-state index < -0.39 is 5.97 Å². The third-order valence-corrected chi connectivity index (χ3v) is 4.17. The molecule has 0 N–H and O–H groups in total. The fraction of sp³-hybridized carbons (Fsp3) is 0.176. The fourth-order valence-electron chi connectivity index (χ4n) is 2.40. The molecule has 0 bridgehead atoms. The predicted octanol–water partition coefficient (Wildman–Crippen LogP) is 3.25. The van der Waals surface area contributed by atoms with E-state index in [1.165, 1.54) is 11.3 Å². The number of hydrogen-bond donors (Lipinski definition) is 0. The Morgan fingerprint density at radius 3 is 2.96 bits per heavy atom. The monoisotopic (exact) mass is 327 g/mol. The minimum Gasteiger partial charge on any atom is -0.490 e. The van der Waals surface area contributed by atoms with Crippen molar-refractivity contribution in [3.8, 4) is 11.5 Å². The van der Waals surface area contributed by atoms with Gasteiger partial charge in [0.2, 0.25) is 5.90 Å². The number of cyclic esters (lactones) is 1. The Hall–Kier alpha value is -2.60. The second-order valence-electron chi connectivity index (χ2n) is 5.07.